The predicted molar refractivity (Wildman–Crippen MR) is 44.2 cm³/mol. The summed E-state index contributed by atoms with van der Waals surface area (Å²) in [5, 5.41) is 0. The maximum Gasteiger partial charge on any atom is 0.0379 e. The van der Waals surface area contributed by atoms with Crippen LogP contribution in [0.15, 0.2) is 0 Å². The summed E-state index contributed by atoms with van der Waals surface area (Å²) in [4.78, 5) is 0. The van der Waals surface area contributed by atoms with Crippen LogP contribution in [0, 0.1) is 0 Å². The fourth-order valence-corrected chi connectivity index (χ4v) is 3.93. The summed E-state index contributed by atoms with van der Waals surface area (Å²) in [5.74, 6) is 0. The van der Waals surface area contributed by atoms with Gasteiger partial charge in [0.15, 0.2) is 0 Å². The highest BCUT2D eigenvalue weighted by Gasteiger charge is 2.18. The lowest BCUT2D eigenvalue weighted by Gasteiger charge is -2.20. The monoisotopic (exact) mass is 144 g/mol. The van der Waals surface area contributed by atoms with Gasteiger partial charge >= 0.3 is 0 Å². The van der Waals surface area contributed by atoms with E-state index in [9.17, 15) is 0 Å². The molecule has 0 fully saturated rings. The quantitative estimate of drug-likeness (QED) is 0.533. The number of hydrogen-bond acceptors (Lipinski definition) is 0. The van der Waals surface area contributed by atoms with Gasteiger partial charge in [0.25, 0.3) is 0 Å². The molecule has 0 bridgehead atoms. The topological polar surface area (TPSA) is 0 Å². The zero-order valence-corrected chi connectivity index (χ0v) is 8.41. The van der Waals surface area contributed by atoms with Crippen LogP contribution in [0.4, 0.5) is 0 Å². The molecule has 0 amide bonds. The Labute approximate surface area is 56.3 Å². The Hall–Kier alpha value is 0.434. The Kier molecular flexibility index (Phi) is 3.65. The molecule has 0 aromatic carbocycles. The van der Waals surface area contributed by atoms with Gasteiger partial charge < -0.3 is 0 Å². The third-order valence-electron chi connectivity index (χ3n) is 2.16. The van der Waals surface area contributed by atoms with E-state index in [1.807, 2.05) is 0 Å². The molecule has 0 aromatic heterocycles. The molecule has 0 rings (SSSR count). The van der Waals surface area contributed by atoms with E-state index in [0.29, 0.717) is 0 Å². The van der Waals surface area contributed by atoms with Crippen molar-refractivity contribution in [3.63, 3.8) is 0 Å². The Morgan fingerprint density at radius 2 is 1.62 bits per heavy atom. The third-order valence-corrected chi connectivity index (χ3v) is 12.2. The predicted octanol–water partition coefficient (Wildman–Crippen LogP) is 2.35. The first-order valence-corrected chi connectivity index (χ1v) is 8.79. The first kappa shape index (κ1) is 8.43. The van der Waals surface area contributed by atoms with Crippen LogP contribution in [0.25, 0.3) is 0 Å². The lowest BCUT2D eigenvalue weighted by molar-refractivity contribution is 1.29. The van der Waals surface area contributed by atoms with E-state index in [-0.39, 0.29) is 0 Å². The number of rotatable bonds is 3. The van der Waals surface area contributed by atoms with Crippen molar-refractivity contribution >= 4 is 16.6 Å². The summed E-state index contributed by atoms with van der Waals surface area (Å²) in [6, 6.07) is 2.94. The third kappa shape index (κ3) is 2.13. The van der Waals surface area contributed by atoms with Crippen molar-refractivity contribution in [2.24, 2.45) is 0 Å². The maximum atomic E-state index is 2.51. The van der Waals surface area contributed by atoms with Gasteiger partial charge in [0.05, 0.1) is 0 Å². The molecule has 0 saturated carbocycles. The van der Waals surface area contributed by atoms with Crippen molar-refractivity contribution < 1.29 is 0 Å². The van der Waals surface area contributed by atoms with Gasteiger partial charge in [-0.25, -0.2) is 0 Å². The van der Waals surface area contributed by atoms with Crippen molar-refractivity contribution in [1.82, 2.24) is 0 Å². The van der Waals surface area contributed by atoms with E-state index in [1.165, 1.54) is 21.1 Å². The molecule has 2 heteroatoms. The summed E-state index contributed by atoms with van der Waals surface area (Å²) >= 11 is 0. The van der Waals surface area contributed by atoms with Gasteiger partial charge in [-0.3, -0.25) is 0 Å². The highest BCUT2D eigenvalue weighted by molar-refractivity contribution is 7.23. The van der Waals surface area contributed by atoms with Crippen molar-refractivity contribution in [2.45, 2.75) is 39.0 Å². The highest BCUT2D eigenvalue weighted by atomic mass is 29.2. The first-order chi connectivity index (χ1) is 3.68. The number of hydrogen-bond donors (Lipinski definition) is 0. The minimum atomic E-state index is -0.644. The molecular weight excluding hydrogens is 128 g/mol. The fourth-order valence-electron chi connectivity index (χ4n) is 0.604. The van der Waals surface area contributed by atoms with Crippen molar-refractivity contribution in [3.8, 4) is 0 Å². The Morgan fingerprint density at radius 1 is 1.25 bits per heavy atom. The van der Waals surface area contributed by atoms with E-state index >= 15 is 0 Å². The Bertz CT molecular complexity index is 49.3. The SMILES string of the molecule is CC[Si](C)(CC)[Si]C. The van der Waals surface area contributed by atoms with Crippen LogP contribution < -0.4 is 0 Å². The second kappa shape index (κ2) is 3.46. The van der Waals surface area contributed by atoms with Gasteiger partial charge in [0.1, 0.15) is 0 Å². The molecule has 0 nitrogen and oxygen atoms in total. The smallest absolute Gasteiger partial charge is 0.0379 e. The van der Waals surface area contributed by atoms with Crippen LogP contribution in [-0.4, -0.2) is 16.6 Å². The van der Waals surface area contributed by atoms with E-state index < -0.39 is 7.59 Å². The van der Waals surface area contributed by atoms with Crippen LogP contribution in [-0.2, 0) is 0 Å². The fraction of sp³-hybridized carbons (Fsp3) is 1.00. The van der Waals surface area contributed by atoms with Crippen molar-refractivity contribution in [2.75, 3.05) is 0 Å². The van der Waals surface area contributed by atoms with E-state index in [1.54, 1.807) is 0 Å². The Balaban J connectivity index is 3.58. The molecule has 0 heterocycles. The summed E-state index contributed by atoms with van der Waals surface area (Å²) in [6.07, 6.45) is 0. The lowest BCUT2D eigenvalue weighted by atomic mass is 10.9. The average Bonchev–Trinajstić information content (AvgIpc) is 1.87. The molecule has 0 N–H and O–H groups in total. The van der Waals surface area contributed by atoms with Gasteiger partial charge in [0, 0.05) is 16.6 Å². The van der Waals surface area contributed by atoms with E-state index in [2.05, 4.69) is 26.9 Å². The molecule has 0 aliphatic carbocycles. The highest BCUT2D eigenvalue weighted by Crippen LogP contribution is 2.11. The summed E-state index contributed by atoms with van der Waals surface area (Å²) in [7, 11) is 0.597. The van der Waals surface area contributed by atoms with Crippen LogP contribution in [0.5, 0.6) is 0 Å². The second-order valence-corrected chi connectivity index (χ2v) is 12.7. The first-order valence-electron chi connectivity index (χ1n) is 3.37. The molecule has 0 aliphatic rings. The normalized spacial score (nSPS) is 12.0. The molecule has 0 unspecified atom stereocenters. The Morgan fingerprint density at radius 3 is 1.62 bits per heavy atom. The largest absolute Gasteiger partial charge is 0.0754 e. The zero-order valence-electron chi connectivity index (χ0n) is 6.41. The lowest BCUT2D eigenvalue weighted by Crippen LogP contribution is -2.34. The average molecular weight is 144 g/mol. The van der Waals surface area contributed by atoms with Gasteiger partial charge in [-0.1, -0.05) is 39.0 Å². The van der Waals surface area contributed by atoms with Gasteiger partial charge in [-0.2, -0.15) is 0 Å². The van der Waals surface area contributed by atoms with Crippen LogP contribution in [0.1, 0.15) is 13.8 Å². The van der Waals surface area contributed by atoms with Crippen molar-refractivity contribution in [3.05, 3.63) is 0 Å². The molecule has 2 radical (unpaired) electrons. The minimum Gasteiger partial charge on any atom is -0.0754 e. The van der Waals surface area contributed by atoms with Crippen LogP contribution >= 0.6 is 0 Å². The zero-order chi connectivity index (χ0) is 6.62. The van der Waals surface area contributed by atoms with Gasteiger partial charge in [0.2, 0.25) is 0 Å². The van der Waals surface area contributed by atoms with Gasteiger partial charge in [-0.05, 0) is 0 Å². The molecule has 0 spiro atoms. The molecule has 8 heavy (non-hydrogen) atoms. The van der Waals surface area contributed by atoms with Gasteiger partial charge in [-0.15, -0.1) is 0 Å². The van der Waals surface area contributed by atoms with Crippen LogP contribution in [0.3, 0.4) is 0 Å². The molecular formula is C6H16Si2. The minimum absolute atomic E-state index is 0.644. The van der Waals surface area contributed by atoms with Crippen LogP contribution in [0.2, 0.25) is 25.2 Å². The summed E-state index contributed by atoms with van der Waals surface area (Å²) < 4.78 is 0. The molecule has 48 valence electrons. The van der Waals surface area contributed by atoms with E-state index in [4.69, 9.17) is 0 Å². The van der Waals surface area contributed by atoms with Crippen molar-refractivity contribution in [1.29, 1.82) is 0 Å². The molecule has 0 aliphatic heterocycles. The molecule has 0 aromatic rings. The summed E-state index contributed by atoms with van der Waals surface area (Å²) in [5.41, 5.74) is 0. The second-order valence-electron chi connectivity index (χ2n) is 2.52. The molecule has 0 saturated heterocycles. The van der Waals surface area contributed by atoms with E-state index in [0.717, 1.165) is 0 Å². The summed E-state index contributed by atoms with van der Waals surface area (Å²) in [6.45, 7) is 9.54. The standard InChI is InChI=1S/C6H16Si2/c1-5-8(4,6-2)7-3/h5-6H2,1-4H3. The molecule has 0 atom stereocenters. The maximum absolute atomic E-state index is 2.51.